The number of carbonyl (C=O) groups excluding carboxylic acids is 2. The predicted octanol–water partition coefficient (Wildman–Crippen LogP) is 1.78. The van der Waals surface area contributed by atoms with Gasteiger partial charge in [0, 0.05) is 43.0 Å². The number of aromatic nitrogens is 1. The van der Waals surface area contributed by atoms with Gasteiger partial charge in [-0.15, -0.1) is 0 Å². The number of fused-ring (bicyclic) bond motifs is 2. The summed E-state index contributed by atoms with van der Waals surface area (Å²) in [5.41, 5.74) is 1.50. The van der Waals surface area contributed by atoms with Crippen LogP contribution in [0, 0.1) is 0 Å². The van der Waals surface area contributed by atoms with Gasteiger partial charge in [0.05, 0.1) is 0 Å². The molecule has 0 radical (unpaired) electrons. The summed E-state index contributed by atoms with van der Waals surface area (Å²) < 4.78 is 0. The molecule has 2 N–H and O–H groups in total. The topological polar surface area (TPSA) is 74.3 Å². The molecule has 6 heteroatoms. The standard InChI is InChI=1S/C22H26N4O2/c27-21(17-6-2-1-3-7-17)25-20(13-16-5-4-11-23-14-16)22(28)26-18-8-9-19(26)15-24-12-10-18/h1-7,11,14,18-20,24H,8-10,12-13,15H2,(H,25,27). The largest absolute Gasteiger partial charge is 0.340 e. The first-order valence-corrected chi connectivity index (χ1v) is 10.00. The second kappa shape index (κ2) is 8.52. The molecule has 3 atom stereocenters. The Labute approximate surface area is 165 Å². The van der Waals surface area contributed by atoms with Crippen LogP contribution >= 0.6 is 0 Å². The Morgan fingerprint density at radius 1 is 1.11 bits per heavy atom. The van der Waals surface area contributed by atoms with E-state index in [9.17, 15) is 9.59 Å². The lowest BCUT2D eigenvalue weighted by Crippen LogP contribution is -2.53. The zero-order valence-electron chi connectivity index (χ0n) is 15.9. The van der Waals surface area contributed by atoms with E-state index in [1.807, 2.05) is 35.2 Å². The van der Waals surface area contributed by atoms with Crippen LogP contribution in [0.2, 0.25) is 0 Å². The smallest absolute Gasteiger partial charge is 0.251 e. The fourth-order valence-corrected chi connectivity index (χ4v) is 4.31. The van der Waals surface area contributed by atoms with Crippen LogP contribution in [0.1, 0.15) is 35.2 Å². The van der Waals surface area contributed by atoms with E-state index in [1.54, 1.807) is 24.5 Å². The number of pyridine rings is 1. The molecule has 2 saturated heterocycles. The summed E-state index contributed by atoms with van der Waals surface area (Å²) in [6, 6.07) is 12.7. The van der Waals surface area contributed by atoms with Gasteiger partial charge in [-0.3, -0.25) is 14.6 Å². The first-order valence-electron chi connectivity index (χ1n) is 10.00. The molecule has 4 rings (SSSR count). The lowest BCUT2D eigenvalue weighted by atomic mass is 10.0. The molecule has 146 valence electrons. The average Bonchev–Trinajstić information content (AvgIpc) is 3.00. The number of amides is 2. The van der Waals surface area contributed by atoms with Crippen molar-refractivity contribution in [3.63, 3.8) is 0 Å². The van der Waals surface area contributed by atoms with Crippen molar-refractivity contribution in [2.24, 2.45) is 0 Å². The maximum Gasteiger partial charge on any atom is 0.251 e. The molecular formula is C22H26N4O2. The Morgan fingerprint density at radius 3 is 2.71 bits per heavy atom. The Kier molecular flexibility index (Phi) is 5.67. The Balaban J connectivity index is 1.57. The van der Waals surface area contributed by atoms with E-state index < -0.39 is 6.04 Å². The highest BCUT2D eigenvalue weighted by molar-refractivity contribution is 5.97. The molecule has 2 aromatic rings. The van der Waals surface area contributed by atoms with E-state index >= 15 is 0 Å². The molecule has 2 fully saturated rings. The fourth-order valence-electron chi connectivity index (χ4n) is 4.31. The maximum atomic E-state index is 13.5. The first-order chi connectivity index (χ1) is 13.7. The van der Waals surface area contributed by atoms with Gasteiger partial charge in [-0.2, -0.15) is 0 Å². The van der Waals surface area contributed by atoms with Gasteiger partial charge in [-0.05, 0) is 49.6 Å². The molecule has 0 aliphatic carbocycles. The molecule has 2 aliphatic rings. The third kappa shape index (κ3) is 4.07. The van der Waals surface area contributed by atoms with Gasteiger partial charge in [0.1, 0.15) is 6.04 Å². The number of rotatable bonds is 5. The van der Waals surface area contributed by atoms with Crippen LogP contribution in [0.15, 0.2) is 54.9 Å². The van der Waals surface area contributed by atoms with Crippen molar-refractivity contribution in [3.8, 4) is 0 Å². The van der Waals surface area contributed by atoms with E-state index in [4.69, 9.17) is 0 Å². The molecule has 2 aliphatic heterocycles. The lowest BCUT2D eigenvalue weighted by molar-refractivity contribution is -0.135. The molecule has 3 unspecified atom stereocenters. The maximum absolute atomic E-state index is 13.5. The van der Waals surface area contributed by atoms with Crippen molar-refractivity contribution < 1.29 is 9.59 Å². The average molecular weight is 378 g/mol. The van der Waals surface area contributed by atoms with Crippen molar-refractivity contribution in [2.75, 3.05) is 13.1 Å². The monoisotopic (exact) mass is 378 g/mol. The van der Waals surface area contributed by atoms with Gasteiger partial charge in [0.25, 0.3) is 5.91 Å². The van der Waals surface area contributed by atoms with Gasteiger partial charge >= 0.3 is 0 Å². The van der Waals surface area contributed by atoms with Crippen molar-refractivity contribution in [1.29, 1.82) is 0 Å². The van der Waals surface area contributed by atoms with Crippen LogP contribution < -0.4 is 10.6 Å². The molecule has 28 heavy (non-hydrogen) atoms. The number of benzene rings is 1. The van der Waals surface area contributed by atoms with Crippen LogP contribution in [0.5, 0.6) is 0 Å². The van der Waals surface area contributed by atoms with Crippen molar-refractivity contribution >= 4 is 11.8 Å². The van der Waals surface area contributed by atoms with Crippen molar-refractivity contribution in [3.05, 3.63) is 66.0 Å². The van der Waals surface area contributed by atoms with Crippen LogP contribution in [0.3, 0.4) is 0 Å². The van der Waals surface area contributed by atoms with Gasteiger partial charge in [-0.25, -0.2) is 0 Å². The molecular weight excluding hydrogens is 352 g/mol. The van der Waals surface area contributed by atoms with Gasteiger partial charge < -0.3 is 15.5 Å². The molecule has 0 saturated carbocycles. The fraction of sp³-hybridized carbons (Fsp3) is 0.409. The SMILES string of the molecule is O=C(NC(Cc1cccnc1)C(=O)N1C2CCNCC1CC2)c1ccccc1. The summed E-state index contributed by atoms with van der Waals surface area (Å²) in [7, 11) is 0. The van der Waals surface area contributed by atoms with Gasteiger partial charge in [-0.1, -0.05) is 24.3 Å². The summed E-state index contributed by atoms with van der Waals surface area (Å²) in [4.78, 5) is 32.5. The Bertz CT molecular complexity index is 798. The number of nitrogens with one attached hydrogen (secondary N) is 2. The highest BCUT2D eigenvalue weighted by Gasteiger charge is 2.40. The second-order valence-electron chi connectivity index (χ2n) is 7.58. The lowest BCUT2D eigenvalue weighted by Gasteiger charge is -2.32. The quantitative estimate of drug-likeness (QED) is 0.832. The van der Waals surface area contributed by atoms with E-state index in [2.05, 4.69) is 15.6 Å². The van der Waals surface area contributed by atoms with Crippen LogP contribution in [0.25, 0.3) is 0 Å². The van der Waals surface area contributed by atoms with Crippen molar-refractivity contribution in [2.45, 2.75) is 43.8 Å². The van der Waals surface area contributed by atoms with Crippen LogP contribution in [-0.4, -0.2) is 52.9 Å². The highest BCUT2D eigenvalue weighted by atomic mass is 16.2. The summed E-state index contributed by atoms with van der Waals surface area (Å²) in [5, 5.41) is 6.42. The van der Waals surface area contributed by atoms with Crippen molar-refractivity contribution in [1.82, 2.24) is 20.5 Å². The molecule has 0 spiro atoms. The second-order valence-corrected chi connectivity index (χ2v) is 7.58. The summed E-state index contributed by atoms with van der Waals surface area (Å²) in [5.74, 6) is -0.201. The summed E-state index contributed by atoms with van der Waals surface area (Å²) in [6.45, 7) is 1.77. The van der Waals surface area contributed by atoms with E-state index in [1.165, 1.54) is 0 Å². The molecule has 1 aromatic carbocycles. The van der Waals surface area contributed by atoms with E-state index in [0.29, 0.717) is 12.0 Å². The van der Waals surface area contributed by atoms with E-state index in [-0.39, 0.29) is 23.9 Å². The van der Waals surface area contributed by atoms with Gasteiger partial charge in [0.2, 0.25) is 5.91 Å². The number of nitrogens with zero attached hydrogens (tertiary/aromatic N) is 2. The van der Waals surface area contributed by atoms with E-state index in [0.717, 1.165) is 37.9 Å². The Hall–Kier alpha value is -2.73. The molecule has 2 bridgehead atoms. The third-order valence-corrected chi connectivity index (χ3v) is 5.71. The third-order valence-electron chi connectivity index (χ3n) is 5.71. The summed E-state index contributed by atoms with van der Waals surface area (Å²) >= 11 is 0. The highest BCUT2D eigenvalue weighted by Crippen LogP contribution is 2.29. The number of carbonyl (C=O) groups is 2. The van der Waals surface area contributed by atoms with Crippen LogP contribution in [-0.2, 0) is 11.2 Å². The number of hydrogen-bond acceptors (Lipinski definition) is 4. The van der Waals surface area contributed by atoms with Gasteiger partial charge in [0.15, 0.2) is 0 Å². The molecule has 3 heterocycles. The first kappa shape index (κ1) is 18.6. The minimum atomic E-state index is -0.599. The predicted molar refractivity (Wildman–Crippen MR) is 107 cm³/mol. The summed E-state index contributed by atoms with van der Waals surface area (Å²) in [6.07, 6.45) is 6.94. The normalized spacial score (nSPS) is 22.4. The van der Waals surface area contributed by atoms with Crippen LogP contribution in [0.4, 0.5) is 0 Å². The minimum Gasteiger partial charge on any atom is -0.340 e. The zero-order chi connectivity index (χ0) is 19.3. The molecule has 2 amide bonds. The number of hydrogen-bond donors (Lipinski definition) is 2. The molecule has 6 nitrogen and oxygen atoms in total. The molecule has 1 aromatic heterocycles. The Morgan fingerprint density at radius 2 is 1.93 bits per heavy atom. The zero-order valence-corrected chi connectivity index (χ0v) is 15.9. The minimum absolute atomic E-state index is 0.0179.